The van der Waals surface area contributed by atoms with Gasteiger partial charge in [0.1, 0.15) is 5.01 Å². The average molecular weight is 419 g/mol. The third-order valence-corrected chi connectivity index (χ3v) is 5.36. The van der Waals surface area contributed by atoms with Crippen molar-refractivity contribution >= 4 is 23.3 Å². The Morgan fingerprint density at radius 2 is 2.07 bits per heavy atom. The van der Waals surface area contributed by atoms with E-state index in [1.54, 1.807) is 11.7 Å². The molecule has 10 heteroatoms. The molecule has 0 fully saturated rings. The first-order valence-electron chi connectivity index (χ1n) is 8.61. The number of alkyl halides is 3. The molecule has 0 amide bonds. The molecule has 2 atom stereocenters. The van der Waals surface area contributed by atoms with Gasteiger partial charge >= 0.3 is 6.18 Å². The Hall–Kier alpha value is -3.01. The summed E-state index contributed by atoms with van der Waals surface area (Å²) in [6, 6.07) is 9.28. The lowest BCUT2D eigenvalue weighted by atomic mass is 10.0. The van der Waals surface area contributed by atoms with Crippen LogP contribution >= 0.6 is 11.3 Å². The standard InChI is InChI=1S/C19H14F3N4O2S/c1-11-7-17(19(20,21)22)24-26(11)15(9-27)18-23-14(10-29-18)16-8-13(25-28-16)12-5-3-2-4-6-12/h2-7,10,15-16H,8H2,1H3. The summed E-state index contributed by atoms with van der Waals surface area (Å²) in [7, 11) is 0. The van der Waals surface area contributed by atoms with Gasteiger partial charge in [0.15, 0.2) is 17.8 Å². The maximum Gasteiger partial charge on any atom is 0.435 e. The molecule has 1 aliphatic heterocycles. The summed E-state index contributed by atoms with van der Waals surface area (Å²) >= 11 is 1.14. The van der Waals surface area contributed by atoms with Crippen LogP contribution in [-0.4, -0.2) is 26.8 Å². The molecule has 29 heavy (non-hydrogen) atoms. The van der Waals surface area contributed by atoms with Gasteiger partial charge in [-0.2, -0.15) is 18.3 Å². The molecule has 0 saturated heterocycles. The number of halogens is 3. The second-order valence-corrected chi connectivity index (χ2v) is 7.34. The van der Waals surface area contributed by atoms with Crippen molar-refractivity contribution in [1.82, 2.24) is 14.8 Å². The molecule has 1 aliphatic rings. The molecule has 6 nitrogen and oxygen atoms in total. The molecule has 0 saturated carbocycles. The Morgan fingerprint density at radius 3 is 2.72 bits per heavy atom. The van der Waals surface area contributed by atoms with E-state index in [2.05, 4.69) is 15.2 Å². The monoisotopic (exact) mass is 419 g/mol. The largest absolute Gasteiger partial charge is 0.435 e. The predicted molar refractivity (Wildman–Crippen MR) is 99.3 cm³/mol. The van der Waals surface area contributed by atoms with E-state index in [1.807, 2.05) is 30.3 Å². The van der Waals surface area contributed by atoms with Crippen molar-refractivity contribution in [2.75, 3.05) is 0 Å². The Kier molecular flexibility index (Phi) is 4.95. The molecule has 1 radical (unpaired) electrons. The minimum absolute atomic E-state index is 0.189. The second kappa shape index (κ2) is 7.43. The maximum absolute atomic E-state index is 12.9. The molecule has 149 valence electrons. The molecular weight excluding hydrogens is 405 g/mol. The average Bonchev–Trinajstić information content (AvgIpc) is 3.43. The molecule has 3 aromatic rings. The van der Waals surface area contributed by atoms with Gasteiger partial charge in [-0.1, -0.05) is 35.5 Å². The molecule has 1 aromatic carbocycles. The Labute approximate surface area is 167 Å². The zero-order valence-corrected chi connectivity index (χ0v) is 15.9. The maximum atomic E-state index is 12.9. The second-order valence-electron chi connectivity index (χ2n) is 6.45. The van der Waals surface area contributed by atoms with Gasteiger partial charge in [0.2, 0.25) is 6.29 Å². The predicted octanol–water partition coefficient (Wildman–Crippen LogP) is 4.23. The molecule has 2 aromatic heterocycles. The van der Waals surface area contributed by atoms with Crippen molar-refractivity contribution in [3.63, 3.8) is 0 Å². The van der Waals surface area contributed by atoms with E-state index in [4.69, 9.17) is 4.84 Å². The van der Waals surface area contributed by atoms with Crippen LogP contribution in [0.5, 0.6) is 0 Å². The Balaban J connectivity index is 1.54. The van der Waals surface area contributed by atoms with Crippen molar-refractivity contribution in [2.45, 2.75) is 31.7 Å². The quantitative estimate of drug-likeness (QED) is 0.621. The highest BCUT2D eigenvalue weighted by molar-refractivity contribution is 7.09. The van der Waals surface area contributed by atoms with E-state index < -0.39 is 24.0 Å². The van der Waals surface area contributed by atoms with Gasteiger partial charge < -0.3 is 4.84 Å². The first-order chi connectivity index (χ1) is 13.9. The number of hydrogen-bond donors (Lipinski definition) is 0. The minimum atomic E-state index is -4.60. The number of oxime groups is 1. The zero-order chi connectivity index (χ0) is 20.6. The first kappa shape index (κ1) is 19.3. The van der Waals surface area contributed by atoms with Crippen molar-refractivity contribution in [1.29, 1.82) is 0 Å². The Bertz CT molecular complexity index is 1060. The van der Waals surface area contributed by atoms with E-state index >= 15 is 0 Å². The van der Waals surface area contributed by atoms with Crippen molar-refractivity contribution in [3.05, 3.63) is 69.4 Å². The number of aromatic nitrogens is 3. The van der Waals surface area contributed by atoms with Crippen molar-refractivity contribution in [3.8, 4) is 0 Å². The van der Waals surface area contributed by atoms with Crippen LogP contribution in [0, 0.1) is 6.92 Å². The zero-order valence-electron chi connectivity index (χ0n) is 15.1. The number of carbonyl (C=O) groups excluding carboxylic acids is 1. The van der Waals surface area contributed by atoms with E-state index in [1.165, 1.54) is 6.92 Å². The minimum Gasteiger partial charge on any atom is -0.385 e. The normalized spacial score (nSPS) is 17.7. The fourth-order valence-electron chi connectivity index (χ4n) is 3.00. The SMILES string of the molecule is Cc1cc(C(F)(F)F)nn1C([C]=O)c1nc(C2CC(c3ccccc3)=NO2)cs1. The fourth-order valence-corrected chi connectivity index (χ4v) is 3.88. The van der Waals surface area contributed by atoms with Crippen LogP contribution in [0.3, 0.4) is 0 Å². The fraction of sp³-hybridized carbons (Fsp3) is 0.263. The van der Waals surface area contributed by atoms with E-state index in [-0.39, 0.29) is 10.7 Å². The van der Waals surface area contributed by atoms with E-state index in [0.717, 1.165) is 33.4 Å². The summed E-state index contributed by atoms with van der Waals surface area (Å²) in [5, 5.41) is 9.62. The van der Waals surface area contributed by atoms with Crippen LogP contribution in [0.2, 0.25) is 0 Å². The highest BCUT2D eigenvalue weighted by atomic mass is 32.1. The summed E-state index contributed by atoms with van der Waals surface area (Å²) in [6.07, 6.45) is -2.78. The van der Waals surface area contributed by atoms with Gasteiger partial charge in [0.05, 0.1) is 11.4 Å². The van der Waals surface area contributed by atoms with Gasteiger partial charge in [0, 0.05) is 17.5 Å². The molecule has 3 heterocycles. The van der Waals surface area contributed by atoms with Crippen LogP contribution in [0.4, 0.5) is 13.2 Å². The summed E-state index contributed by atoms with van der Waals surface area (Å²) in [5.41, 5.74) is 1.40. The number of benzene rings is 1. The Morgan fingerprint density at radius 1 is 1.31 bits per heavy atom. The summed E-state index contributed by atoms with van der Waals surface area (Å²) < 4.78 is 39.7. The van der Waals surface area contributed by atoms with Crippen molar-refractivity contribution < 1.29 is 22.8 Å². The molecule has 4 rings (SSSR count). The summed E-state index contributed by atoms with van der Waals surface area (Å²) in [4.78, 5) is 21.4. The number of rotatable bonds is 5. The van der Waals surface area contributed by atoms with Crippen LogP contribution in [0.1, 0.15) is 46.2 Å². The third kappa shape index (κ3) is 3.80. The third-order valence-electron chi connectivity index (χ3n) is 4.45. The lowest BCUT2D eigenvalue weighted by Gasteiger charge is -2.10. The number of thiazole rings is 1. The molecule has 2 unspecified atom stereocenters. The number of hydrogen-bond acceptors (Lipinski definition) is 6. The topological polar surface area (TPSA) is 69.4 Å². The van der Waals surface area contributed by atoms with Gasteiger partial charge in [-0.05, 0) is 18.6 Å². The van der Waals surface area contributed by atoms with Gasteiger partial charge in [-0.3, -0.25) is 9.48 Å². The highest BCUT2D eigenvalue weighted by Gasteiger charge is 2.36. The van der Waals surface area contributed by atoms with E-state index in [9.17, 15) is 18.0 Å². The summed E-state index contributed by atoms with van der Waals surface area (Å²) in [5.74, 6) is 0. The van der Waals surface area contributed by atoms with Crippen LogP contribution < -0.4 is 0 Å². The van der Waals surface area contributed by atoms with Gasteiger partial charge in [-0.15, -0.1) is 11.3 Å². The molecule has 0 spiro atoms. The van der Waals surface area contributed by atoms with Crippen LogP contribution in [0.15, 0.2) is 46.9 Å². The molecule has 0 N–H and O–H groups in total. The summed E-state index contributed by atoms with van der Waals surface area (Å²) in [6.45, 7) is 1.45. The molecule has 0 aliphatic carbocycles. The molecule has 0 bridgehead atoms. The highest BCUT2D eigenvalue weighted by Crippen LogP contribution is 2.33. The van der Waals surface area contributed by atoms with Gasteiger partial charge in [0.25, 0.3) is 0 Å². The number of aryl methyl sites for hydroxylation is 1. The van der Waals surface area contributed by atoms with E-state index in [0.29, 0.717) is 12.1 Å². The first-order valence-corrected chi connectivity index (χ1v) is 9.49. The van der Waals surface area contributed by atoms with Crippen molar-refractivity contribution in [2.24, 2.45) is 5.16 Å². The molecular formula is C19H14F3N4O2S. The van der Waals surface area contributed by atoms with Crippen LogP contribution in [0.25, 0.3) is 0 Å². The lowest BCUT2D eigenvalue weighted by molar-refractivity contribution is -0.141. The van der Waals surface area contributed by atoms with Gasteiger partial charge in [-0.25, -0.2) is 4.98 Å². The number of nitrogens with zero attached hydrogens (tertiary/aromatic N) is 4. The smallest absolute Gasteiger partial charge is 0.385 e. The van der Waals surface area contributed by atoms with Crippen LogP contribution in [-0.2, 0) is 15.8 Å². The lowest BCUT2D eigenvalue weighted by Crippen LogP contribution is -2.16.